The first-order chi connectivity index (χ1) is 14.1. The van der Waals surface area contributed by atoms with Crippen LogP contribution in [0.4, 0.5) is 5.00 Å². The van der Waals surface area contributed by atoms with Crippen molar-refractivity contribution in [2.24, 2.45) is 0 Å². The molecule has 1 aromatic carbocycles. The molecule has 4 rings (SSSR count). The number of rotatable bonds is 7. The fourth-order valence-electron chi connectivity index (χ4n) is 2.97. The van der Waals surface area contributed by atoms with Gasteiger partial charge in [0.15, 0.2) is 0 Å². The number of para-hydroxylation sites is 1. The number of thioether (sulfide) groups is 1. The summed E-state index contributed by atoms with van der Waals surface area (Å²) in [5.41, 5.74) is 7.84. The fraction of sp³-hybridized carbons (Fsp3) is 0.300. The van der Waals surface area contributed by atoms with E-state index in [1.54, 1.807) is 6.92 Å². The molecule has 1 aliphatic rings. The molecule has 0 unspecified atom stereocenters. The van der Waals surface area contributed by atoms with Gasteiger partial charge in [-0.3, -0.25) is 0 Å². The number of nitrogen functional groups attached to an aromatic ring is 1. The number of nitrogens with zero attached hydrogens (tertiary/aromatic N) is 4. The molecule has 2 heterocycles. The maximum atomic E-state index is 12.3. The highest BCUT2D eigenvalue weighted by atomic mass is 32.2. The van der Waals surface area contributed by atoms with Crippen molar-refractivity contribution in [3.63, 3.8) is 0 Å². The SMILES string of the molecule is CCOC(=O)c1sc(N)c(C#N)c1CSc1nc(C2CC2)n(-c2ccccc2)n1. The van der Waals surface area contributed by atoms with Gasteiger partial charge >= 0.3 is 5.97 Å². The van der Waals surface area contributed by atoms with Crippen molar-refractivity contribution >= 4 is 34.1 Å². The van der Waals surface area contributed by atoms with E-state index in [4.69, 9.17) is 15.5 Å². The van der Waals surface area contributed by atoms with Gasteiger partial charge in [-0.25, -0.2) is 14.5 Å². The Bertz CT molecular complexity index is 1080. The third-order valence-corrected chi connectivity index (χ3v) is 6.41. The number of ether oxygens (including phenoxy) is 1. The van der Waals surface area contributed by atoms with Crippen LogP contribution in [0.5, 0.6) is 0 Å². The number of carbonyl (C=O) groups excluding carboxylic acids is 1. The summed E-state index contributed by atoms with van der Waals surface area (Å²) in [5, 5.41) is 15.1. The van der Waals surface area contributed by atoms with Crippen LogP contribution in [0.1, 0.15) is 52.3 Å². The number of nitriles is 1. The number of hydrogen-bond donors (Lipinski definition) is 1. The van der Waals surface area contributed by atoms with Crippen LogP contribution in [-0.2, 0) is 10.5 Å². The fourth-order valence-corrected chi connectivity index (χ4v) is 4.86. The van der Waals surface area contributed by atoms with E-state index in [-0.39, 0.29) is 6.61 Å². The molecule has 1 saturated carbocycles. The van der Waals surface area contributed by atoms with Crippen LogP contribution in [0.3, 0.4) is 0 Å². The van der Waals surface area contributed by atoms with E-state index in [0.29, 0.717) is 37.8 Å². The molecule has 1 fully saturated rings. The molecular formula is C20H19N5O2S2. The van der Waals surface area contributed by atoms with Crippen molar-refractivity contribution in [3.8, 4) is 11.8 Å². The average Bonchev–Trinajstić information content (AvgIpc) is 3.40. The molecule has 3 aromatic rings. The monoisotopic (exact) mass is 425 g/mol. The molecular weight excluding hydrogens is 406 g/mol. The molecule has 0 saturated heterocycles. The Morgan fingerprint density at radius 3 is 2.83 bits per heavy atom. The molecule has 1 aliphatic carbocycles. The van der Waals surface area contributed by atoms with Crippen LogP contribution in [0.25, 0.3) is 5.69 Å². The standard InChI is InChI=1S/C20H19N5O2S2/c1-2-27-19(26)16-15(14(10-21)17(22)29-16)11-28-20-23-18(12-8-9-12)25(24-20)13-6-4-3-5-7-13/h3-7,12H,2,8-9,11,22H2,1H3. The second-order valence-corrected chi connectivity index (χ2v) is 8.54. The predicted molar refractivity (Wildman–Crippen MR) is 112 cm³/mol. The molecule has 9 heteroatoms. The van der Waals surface area contributed by atoms with Crippen LogP contribution in [-0.4, -0.2) is 27.3 Å². The summed E-state index contributed by atoms with van der Waals surface area (Å²) < 4.78 is 7.00. The highest BCUT2D eigenvalue weighted by Crippen LogP contribution is 2.41. The largest absolute Gasteiger partial charge is 0.462 e. The summed E-state index contributed by atoms with van der Waals surface area (Å²) in [6.07, 6.45) is 2.23. The summed E-state index contributed by atoms with van der Waals surface area (Å²) >= 11 is 2.48. The van der Waals surface area contributed by atoms with Gasteiger partial charge in [0, 0.05) is 17.2 Å². The van der Waals surface area contributed by atoms with E-state index < -0.39 is 5.97 Å². The number of benzene rings is 1. The Morgan fingerprint density at radius 2 is 2.17 bits per heavy atom. The van der Waals surface area contributed by atoms with Gasteiger partial charge in [0.25, 0.3) is 0 Å². The maximum Gasteiger partial charge on any atom is 0.348 e. The zero-order valence-electron chi connectivity index (χ0n) is 15.8. The van der Waals surface area contributed by atoms with E-state index in [9.17, 15) is 10.1 Å². The molecule has 0 spiro atoms. The van der Waals surface area contributed by atoms with Gasteiger partial charge in [-0.1, -0.05) is 30.0 Å². The number of nitrogens with two attached hydrogens (primary N) is 1. The van der Waals surface area contributed by atoms with Gasteiger partial charge in [-0.2, -0.15) is 5.26 Å². The highest BCUT2D eigenvalue weighted by Gasteiger charge is 2.31. The molecule has 0 aliphatic heterocycles. The van der Waals surface area contributed by atoms with Crippen LogP contribution in [0, 0.1) is 11.3 Å². The van der Waals surface area contributed by atoms with Crippen LogP contribution >= 0.6 is 23.1 Å². The molecule has 2 N–H and O–H groups in total. The van der Waals surface area contributed by atoms with Gasteiger partial charge in [-0.15, -0.1) is 16.4 Å². The second-order valence-electron chi connectivity index (χ2n) is 6.54. The number of anilines is 1. The Kier molecular flexibility index (Phi) is 5.56. The van der Waals surface area contributed by atoms with E-state index in [0.717, 1.165) is 35.7 Å². The van der Waals surface area contributed by atoms with Crippen molar-refractivity contribution in [3.05, 3.63) is 52.2 Å². The lowest BCUT2D eigenvalue weighted by Gasteiger charge is -2.04. The smallest absolute Gasteiger partial charge is 0.348 e. The Morgan fingerprint density at radius 1 is 1.41 bits per heavy atom. The van der Waals surface area contributed by atoms with Crippen LogP contribution in [0.2, 0.25) is 0 Å². The minimum Gasteiger partial charge on any atom is -0.462 e. The van der Waals surface area contributed by atoms with Gasteiger partial charge in [0.1, 0.15) is 21.8 Å². The van der Waals surface area contributed by atoms with E-state index in [1.807, 2.05) is 35.0 Å². The topological polar surface area (TPSA) is 107 Å². The first-order valence-corrected chi connectivity index (χ1v) is 11.1. The quantitative estimate of drug-likeness (QED) is 0.448. The number of esters is 1. The van der Waals surface area contributed by atoms with Crippen molar-refractivity contribution in [1.29, 1.82) is 5.26 Å². The summed E-state index contributed by atoms with van der Waals surface area (Å²) in [5.74, 6) is 1.30. The van der Waals surface area contributed by atoms with Gasteiger partial charge < -0.3 is 10.5 Å². The van der Waals surface area contributed by atoms with E-state index in [2.05, 4.69) is 11.2 Å². The third kappa shape index (κ3) is 3.99. The molecule has 0 atom stereocenters. The number of hydrogen-bond acceptors (Lipinski definition) is 8. The van der Waals surface area contributed by atoms with Gasteiger partial charge in [-0.05, 0) is 31.9 Å². The minimum atomic E-state index is -0.456. The van der Waals surface area contributed by atoms with Crippen molar-refractivity contribution < 1.29 is 9.53 Å². The Labute approximate surface area is 176 Å². The lowest BCUT2D eigenvalue weighted by Crippen LogP contribution is -2.05. The average molecular weight is 426 g/mol. The summed E-state index contributed by atoms with van der Waals surface area (Å²) in [7, 11) is 0. The minimum absolute atomic E-state index is 0.263. The Balaban J connectivity index is 1.62. The third-order valence-electron chi connectivity index (χ3n) is 4.51. The lowest BCUT2D eigenvalue weighted by molar-refractivity contribution is 0.0531. The lowest BCUT2D eigenvalue weighted by atomic mass is 10.2. The molecule has 7 nitrogen and oxygen atoms in total. The summed E-state index contributed by atoms with van der Waals surface area (Å²) in [6.45, 7) is 2.01. The number of aromatic nitrogens is 3. The van der Waals surface area contributed by atoms with Crippen LogP contribution < -0.4 is 5.73 Å². The first-order valence-electron chi connectivity index (χ1n) is 9.25. The zero-order valence-corrected chi connectivity index (χ0v) is 17.4. The predicted octanol–water partition coefficient (Wildman–Crippen LogP) is 4.13. The first kappa shape index (κ1) is 19.5. The highest BCUT2D eigenvalue weighted by molar-refractivity contribution is 7.98. The maximum absolute atomic E-state index is 12.3. The second kappa shape index (κ2) is 8.27. The molecule has 148 valence electrons. The number of thiophene rings is 1. The van der Waals surface area contributed by atoms with E-state index >= 15 is 0 Å². The van der Waals surface area contributed by atoms with Crippen molar-refractivity contribution in [2.75, 3.05) is 12.3 Å². The molecule has 0 bridgehead atoms. The Hall–Kier alpha value is -2.83. The molecule has 2 aromatic heterocycles. The molecule has 0 amide bonds. The summed E-state index contributed by atoms with van der Waals surface area (Å²) in [4.78, 5) is 17.4. The summed E-state index contributed by atoms with van der Waals surface area (Å²) in [6, 6.07) is 12.0. The van der Waals surface area contributed by atoms with Crippen molar-refractivity contribution in [1.82, 2.24) is 14.8 Å². The van der Waals surface area contributed by atoms with Gasteiger partial charge in [0.2, 0.25) is 5.16 Å². The molecule has 29 heavy (non-hydrogen) atoms. The normalized spacial score (nSPS) is 13.2. The van der Waals surface area contributed by atoms with Crippen LogP contribution in [0.15, 0.2) is 35.5 Å². The van der Waals surface area contributed by atoms with Crippen molar-refractivity contribution in [2.45, 2.75) is 36.6 Å². The molecule has 0 radical (unpaired) electrons. The number of carbonyl (C=O) groups is 1. The van der Waals surface area contributed by atoms with Gasteiger partial charge in [0.05, 0.1) is 17.9 Å². The van der Waals surface area contributed by atoms with E-state index in [1.165, 1.54) is 11.8 Å². The zero-order chi connectivity index (χ0) is 20.4.